The number of carbonyl (C=O) groups excluding carboxylic acids is 1. The Morgan fingerprint density at radius 1 is 1.32 bits per heavy atom. The number of hydrogen-bond donors (Lipinski definition) is 0. The minimum absolute atomic E-state index is 0.0193. The van der Waals surface area contributed by atoms with Crippen molar-refractivity contribution in [2.45, 2.75) is 44.4 Å². The number of pyridine rings is 1. The maximum atomic E-state index is 12.0. The zero-order valence-corrected chi connectivity index (χ0v) is 13.5. The molecule has 1 aromatic rings. The largest absolute Gasteiger partial charge is 0.469 e. The summed E-state index contributed by atoms with van der Waals surface area (Å²) in [5, 5.41) is 0. The maximum absolute atomic E-state index is 12.0. The van der Waals surface area contributed by atoms with E-state index in [0.717, 1.165) is 37.8 Å². The lowest BCUT2D eigenvalue weighted by molar-refractivity contribution is -0.152. The molecule has 1 heterocycles. The van der Waals surface area contributed by atoms with Crippen molar-refractivity contribution in [2.75, 3.05) is 7.11 Å². The molecule has 1 aromatic heterocycles. The molecule has 4 heteroatoms. The van der Waals surface area contributed by atoms with E-state index in [0.29, 0.717) is 0 Å². The molecule has 0 radical (unpaired) electrons. The summed E-state index contributed by atoms with van der Waals surface area (Å²) in [6.45, 7) is 2.05. The van der Waals surface area contributed by atoms with Crippen molar-refractivity contribution in [1.29, 1.82) is 0 Å². The number of esters is 1. The molecule has 0 aliphatic heterocycles. The molecular formula is C15H18INO2. The first-order valence-corrected chi connectivity index (χ1v) is 7.81. The summed E-state index contributed by atoms with van der Waals surface area (Å²) in [5.74, 6) is -0.0193. The van der Waals surface area contributed by atoms with Crippen LogP contribution in [0.4, 0.5) is 0 Å². The van der Waals surface area contributed by atoms with E-state index >= 15 is 0 Å². The van der Waals surface area contributed by atoms with Crippen molar-refractivity contribution in [2.24, 2.45) is 5.41 Å². The number of nitrogens with zero attached hydrogens (tertiary/aromatic N) is 1. The lowest BCUT2D eigenvalue weighted by Crippen LogP contribution is -2.27. The first-order chi connectivity index (χ1) is 9.01. The molecule has 2 fully saturated rings. The molecule has 0 atom stereocenters. The summed E-state index contributed by atoms with van der Waals surface area (Å²) in [7, 11) is 1.50. The second kappa shape index (κ2) is 4.43. The number of aromatic nitrogens is 1. The normalized spacial score (nSPS) is 32.6. The molecule has 3 rings (SSSR count). The van der Waals surface area contributed by atoms with Gasteiger partial charge in [0.1, 0.15) is 0 Å². The van der Waals surface area contributed by atoms with Crippen LogP contribution in [0.15, 0.2) is 12.1 Å². The number of fused-ring (bicyclic) bond motifs is 2. The van der Waals surface area contributed by atoms with Gasteiger partial charge in [0.05, 0.1) is 18.2 Å². The number of methoxy groups -OCH3 is 1. The summed E-state index contributed by atoms with van der Waals surface area (Å²) in [5.41, 5.74) is 2.15. The van der Waals surface area contributed by atoms with Crippen LogP contribution >= 0.6 is 22.6 Å². The van der Waals surface area contributed by atoms with E-state index in [1.807, 2.05) is 0 Å². The van der Waals surface area contributed by atoms with E-state index in [1.54, 1.807) is 0 Å². The molecule has 2 saturated carbocycles. The molecule has 0 amide bonds. The highest BCUT2D eigenvalue weighted by atomic mass is 127. The van der Waals surface area contributed by atoms with Crippen LogP contribution < -0.4 is 0 Å². The summed E-state index contributed by atoms with van der Waals surface area (Å²) < 4.78 is 6.22. The van der Waals surface area contributed by atoms with Crippen LogP contribution in [0.5, 0.6) is 0 Å². The van der Waals surface area contributed by atoms with Crippen LogP contribution in [-0.2, 0) is 14.9 Å². The van der Waals surface area contributed by atoms with E-state index in [9.17, 15) is 4.79 Å². The van der Waals surface area contributed by atoms with Crippen molar-refractivity contribution in [3.05, 3.63) is 27.1 Å². The molecule has 3 nitrogen and oxygen atoms in total. The lowest BCUT2D eigenvalue weighted by atomic mass is 9.80. The van der Waals surface area contributed by atoms with Gasteiger partial charge in [0, 0.05) is 14.7 Å². The Labute approximate surface area is 127 Å². The summed E-state index contributed by atoms with van der Waals surface area (Å²) in [6, 6.07) is 4.29. The van der Waals surface area contributed by atoms with Gasteiger partial charge in [-0.25, -0.2) is 0 Å². The fourth-order valence-corrected chi connectivity index (χ4v) is 4.19. The monoisotopic (exact) mass is 371 g/mol. The maximum Gasteiger partial charge on any atom is 0.311 e. The fraction of sp³-hybridized carbons (Fsp3) is 0.600. The number of carbonyl (C=O) groups is 1. The molecular weight excluding hydrogens is 353 g/mol. The summed E-state index contributed by atoms with van der Waals surface area (Å²) in [4.78, 5) is 16.8. The van der Waals surface area contributed by atoms with Crippen molar-refractivity contribution in [3.63, 3.8) is 0 Å². The predicted molar refractivity (Wildman–Crippen MR) is 80.9 cm³/mol. The van der Waals surface area contributed by atoms with Crippen molar-refractivity contribution in [1.82, 2.24) is 4.98 Å². The van der Waals surface area contributed by atoms with E-state index in [4.69, 9.17) is 9.72 Å². The summed E-state index contributed by atoms with van der Waals surface area (Å²) >= 11 is 2.31. The topological polar surface area (TPSA) is 39.2 Å². The molecule has 102 valence electrons. The van der Waals surface area contributed by atoms with Crippen LogP contribution in [0, 0.1) is 15.9 Å². The Hall–Kier alpha value is -0.650. The molecule has 0 N–H and O–H groups in total. The summed E-state index contributed by atoms with van der Waals surface area (Å²) in [6.07, 6.45) is 4.95. The zero-order chi connectivity index (χ0) is 13.7. The minimum Gasteiger partial charge on any atom is -0.469 e. The Kier molecular flexibility index (Phi) is 3.11. The molecule has 0 unspecified atom stereocenters. The van der Waals surface area contributed by atoms with Gasteiger partial charge in [0.2, 0.25) is 0 Å². The van der Waals surface area contributed by atoms with E-state index in [1.165, 1.54) is 16.4 Å². The van der Waals surface area contributed by atoms with Gasteiger partial charge in [-0.15, -0.1) is 0 Å². The number of rotatable bonds is 2. The molecule has 0 saturated heterocycles. The second-order valence-electron chi connectivity index (χ2n) is 5.99. The fourth-order valence-electron chi connectivity index (χ4n) is 3.89. The Morgan fingerprint density at radius 2 is 2.00 bits per heavy atom. The van der Waals surface area contributed by atoms with Gasteiger partial charge in [0.25, 0.3) is 0 Å². The van der Waals surface area contributed by atoms with Gasteiger partial charge in [-0.2, -0.15) is 0 Å². The van der Waals surface area contributed by atoms with Crippen LogP contribution in [0.1, 0.15) is 43.5 Å². The molecule has 0 aromatic carbocycles. The number of ether oxygens (including phenoxy) is 1. The lowest BCUT2D eigenvalue weighted by Gasteiger charge is -2.26. The molecule has 2 bridgehead atoms. The van der Waals surface area contributed by atoms with Gasteiger partial charge < -0.3 is 4.74 Å². The third-order valence-electron chi connectivity index (χ3n) is 5.02. The minimum atomic E-state index is -0.229. The zero-order valence-electron chi connectivity index (χ0n) is 11.3. The highest BCUT2D eigenvalue weighted by Crippen LogP contribution is 2.62. The SMILES string of the molecule is COC(=O)C12CCC(c3ccc(I)c(C)n3)(CC1)C2. The van der Waals surface area contributed by atoms with Gasteiger partial charge in [-0.05, 0) is 73.8 Å². The van der Waals surface area contributed by atoms with Crippen LogP contribution in [0.25, 0.3) is 0 Å². The van der Waals surface area contributed by atoms with E-state index in [-0.39, 0.29) is 16.8 Å². The van der Waals surface area contributed by atoms with E-state index in [2.05, 4.69) is 41.6 Å². The quantitative estimate of drug-likeness (QED) is 0.591. The molecule has 0 spiro atoms. The van der Waals surface area contributed by atoms with Crippen molar-refractivity contribution in [3.8, 4) is 0 Å². The van der Waals surface area contributed by atoms with Crippen molar-refractivity contribution >= 4 is 28.6 Å². The molecule has 19 heavy (non-hydrogen) atoms. The molecule has 2 aliphatic carbocycles. The van der Waals surface area contributed by atoms with Gasteiger partial charge in [-0.1, -0.05) is 0 Å². The standard InChI is InChI=1S/C15H18INO2/c1-10-11(16)3-4-12(17-10)14-5-7-15(9-14,8-6-14)13(18)19-2/h3-4H,5-9H2,1-2H3. The van der Waals surface area contributed by atoms with Gasteiger partial charge in [0.15, 0.2) is 0 Å². The van der Waals surface area contributed by atoms with E-state index < -0.39 is 0 Å². The van der Waals surface area contributed by atoms with Gasteiger partial charge >= 0.3 is 5.97 Å². The first-order valence-electron chi connectivity index (χ1n) is 6.73. The predicted octanol–water partition coefficient (Wildman–Crippen LogP) is 3.37. The first kappa shape index (κ1) is 13.3. The average Bonchev–Trinajstić information content (AvgIpc) is 2.99. The Morgan fingerprint density at radius 3 is 2.58 bits per heavy atom. The second-order valence-corrected chi connectivity index (χ2v) is 7.15. The third-order valence-corrected chi connectivity index (χ3v) is 6.16. The Balaban J connectivity index is 1.95. The van der Waals surface area contributed by atoms with Crippen LogP contribution in [0.3, 0.4) is 0 Å². The molecule has 2 aliphatic rings. The van der Waals surface area contributed by atoms with Crippen molar-refractivity contribution < 1.29 is 9.53 Å². The van der Waals surface area contributed by atoms with Crippen LogP contribution in [0.2, 0.25) is 0 Å². The number of aryl methyl sites for hydroxylation is 1. The number of hydrogen-bond acceptors (Lipinski definition) is 3. The van der Waals surface area contributed by atoms with Gasteiger partial charge in [-0.3, -0.25) is 9.78 Å². The highest BCUT2D eigenvalue weighted by molar-refractivity contribution is 14.1. The third kappa shape index (κ3) is 1.90. The highest BCUT2D eigenvalue weighted by Gasteiger charge is 2.59. The number of halogens is 1. The Bertz CT molecular complexity index is 533. The smallest absolute Gasteiger partial charge is 0.311 e. The van der Waals surface area contributed by atoms with Crippen LogP contribution in [-0.4, -0.2) is 18.1 Å². The average molecular weight is 371 g/mol.